The summed E-state index contributed by atoms with van der Waals surface area (Å²) in [4.78, 5) is 22.0. The molecule has 6 heteroatoms. The number of unbranched alkanes of at least 4 members (excludes halogenated alkanes) is 1. The van der Waals surface area contributed by atoms with Crippen LogP contribution >= 0.6 is 0 Å². The number of amides is 2. The first-order valence-electron chi connectivity index (χ1n) is 6.96. The first-order valence-corrected chi connectivity index (χ1v) is 6.96. The number of carbonyl (C=O) groups is 2. The van der Waals surface area contributed by atoms with Crippen molar-refractivity contribution in [2.24, 2.45) is 0 Å². The summed E-state index contributed by atoms with van der Waals surface area (Å²) in [6, 6.07) is -0.138. The van der Waals surface area contributed by atoms with Crippen LogP contribution in [0.25, 0.3) is 0 Å². The molecule has 1 unspecified atom stereocenters. The van der Waals surface area contributed by atoms with Gasteiger partial charge in [0.05, 0.1) is 0 Å². The Kier molecular flexibility index (Phi) is 9.88. The van der Waals surface area contributed by atoms with Gasteiger partial charge in [0.2, 0.25) is 0 Å². The van der Waals surface area contributed by atoms with Gasteiger partial charge in [-0.05, 0) is 12.8 Å². The Bertz CT molecular complexity index is 271. The first kappa shape index (κ1) is 17.7. The second kappa shape index (κ2) is 10.6. The molecule has 19 heavy (non-hydrogen) atoms. The number of aliphatic hydroxyl groups is 1. The zero-order chi connectivity index (χ0) is 14.7. The van der Waals surface area contributed by atoms with Gasteiger partial charge >= 0.3 is 12.0 Å². The third-order valence-electron chi connectivity index (χ3n) is 2.87. The maximum absolute atomic E-state index is 11.6. The maximum atomic E-state index is 11.6. The Morgan fingerprint density at radius 3 is 2.32 bits per heavy atom. The molecule has 0 heterocycles. The van der Waals surface area contributed by atoms with Crippen molar-refractivity contribution in [2.45, 2.75) is 64.5 Å². The summed E-state index contributed by atoms with van der Waals surface area (Å²) in [6.07, 6.45) is 3.65. The van der Waals surface area contributed by atoms with Crippen molar-refractivity contribution in [1.82, 2.24) is 10.6 Å². The summed E-state index contributed by atoms with van der Waals surface area (Å²) in [5, 5.41) is 23.0. The van der Waals surface area contributed by atoms with E-state index in [4.69, 9.17) is 10.2 Å². The fraction of sp³-hybridized carbons (Fsp3) is 0.846. The fourth-order valence-electron chi connectivity index (χ4n) is 1.77. The third-order valence-corrected chi connectivity index (χ3v) is 2.87. The minimum Gasteiger partial charge on any atom is -0.479 e. The molecule has 0 spiro atoms. The average molecular weight is 274 g/mol. The van der Waals surface area contributed by atoms with Gasteiger partial charge < -0.3 is 20.8 Å². The molecule has 0 aromatic rings. The van der Waals surface area contributed by atoms with E-state index >= 15 is 0 Å². The Morgan fingerprint density at radius 2 is 1.79 bits per heavy atom. The Balaban J connectivity index is 3.88. The van der Waals surface area contributed by atoms with E-state index in [9.17, 15) is 9.59 Å². The summed E-state index contributed by atoms with van der Waals surface area (Å²) >= 11 is 0. The fourth-order valence-corrected chi connectivity index (χ4v) is 1.77. The van der Waals surface area contributed by atoms with Crippen LogP contribution in [0.1, 0.15) is 52.4 Å². The zero-order valence-electron chi connectivity index (χ0n) is 11.8. The summed E-state index contributed by atoms with van der Waals surface area (Å²) in [6.45, 7) is 4.32. The van der Waals surface area contributed by atoms with E-state index in [1.807, 2.05) is 0 Å². The van der Waals surface area contributed by atoms with Gasteiger partial charge in [-0.2, -0.15) is 0 Å². The molecular weight excluding hydrogens is 248 g/mol. The topological polar surface area (TPSA) is 98.7 Å². The van der Waals surface area contributed by atoms with Crippen molar-refractivity contribution in [3.63, 3.8) is 0 Å². The maximum Gasteiger partial charge on any atom is 0.332 e. The highest BCUT2D eigenvalue weighted by Gasteiger charge is 2.14. The Morgan fingerprint density at radius 1 is 1.11 bits per heavy atom. The second-order valence-electron chi connectivity index (χ2n) is 4.67. The number of carboxylic acids is 1. The van der Waals surface area contributed by atoms with Crippen molar-refractivity contribution in [1.29, 1.82) is 0 Å². The Labute approximate surface area is 114 Å². The predicted octanol–water partition coefficient (Wildman–Crippen LogP) is 1.48. The molecule has 0 bridgehead atoms. The normalized spacial score (nSPS) is 13.6. The van der Waals surface area contributed by atoms with Gasteiger partial charge in [0, 0.05) is 19.0 Å². The van der Waals surface area contributed by atoms with E-state index in [0.717, 1.165) is 32.1 Å². The summed E-state index contributed by atoms with van der Waals surface area (Å²) in [5.41, 5.74) is 0. The summed E-state index contributed by atoms with van der Waals surface area (Å²) in [7, 11) is 0. The molecule has 0 aliphatic rings. The first-order chi connectivity index (χ1) is 9.01. The van der Waals surface area contributed by atoms with Crippen LogP contribution in [0, 0.1) is 0 Å². The van der Waals surface area contributed by atoms with Crippen LogP contribution in [-0.4, -0.2) is 40.9 Å². The molecule has 0 rings (SSSR count). The molecular formula is C13H26N2O4. The van der Waals surface area contributed by atoms with E-state index < -0.39 is 12.1 Å². The smallest absolute Gasteiger partial charge is 0.332 e. The van der Waals surface area contributed by atoms with Gasteiger partial charge in [-0.25, -0.2) is 9.59 Å². The molecule has 6 nitrogen and oxygen atoms in total. The quantitative estimate of drug-likeness (QED) is 0.485. The van der Waals surface area contributed by atoms with E-state index in [1.165, 1.54) is 0 Å². The highest BCUT2D eigenvalue weighted by molar-refractivity contribution is 5.74. The zero-order valence-corrected chi connectivity index (χ0v) is 11.8. The molecule has 2 atom stereocenters. The van der Waals surface area contributed by atoms with Crippen LogP contribution in [-0.2, 0) is 4.79 Å². The highest BCUT2D eigenvalue weighted by Crippen LogP contribution is 2.06. The van der Waals surface area contributed by atoms with Crippen LogP contribution in [0.5, 0.6) is 0 Å². The molecule has 2 amide bonds. The lowest BCUT2D eigenvalue weighted by Gasteiger charge is -2.18. The number of aliphatic hydroxyl groups excluding tert-OH is 1. The number of carboxylic acid groups (broad SMARTS) is 1. The molecule has 0 aliphatic carbocycles. The van der Waals surface area contributed by atoms with Crippen molar-refractivity contribution in [3.05, 3.63) is 0 Å². The third kappa shape index (κ3) is 9.30. The number of carbonyl (C=O) groups excluding carboxylic acids is 1. The molecule has 0 radical (unpaired) electrons. The van der Waals surface area contributed by atoms with Crippen LogP contribution in [0.4, 0.5) is 4.79 Å². The van der Waals surface area contributed by atoms with Gasteiger partial charge in [0.25, 0.3) is 0 Å². The van der Waals surface area contributed by atoms with Crippen molar-refractivity contribution >= 4 is 12.0 Å². The highest BCUT2D eigenvalue weighted by atomic mass is 16.4. The lowest BCUT2D eigenvalue weighted by molar-refractivity contribution is -0.146. The van der Waals surface area contributed by atoms with E-state index in [2.05, 4.69) is 24.5 Å². The summed E-state index contributed by atoms with van der Waals surface area (Å²) < 4.78 is 0. The van der Waals surface area contributed by atoms with Crippen molar-refractivity contribution in [3.8, 4) is 0 Å². The van der Waals surface area contributed by atoms with E-state index in [0.29, 0.717) is 0 Å². The van der Waals surface area contributed by atoms with Crippen LogP contribution in [0.2, 0.25) is 0 Å². The molecule has 0 aromatic heterocycles. The van der Waals surface area contributed by atoms with E-state index in [-0.39, 0.29) is 25.0 Å². The minimum atomic E-state index is -1.42. The van der Waals surface area contributed by atoms with Gasteiger partial charge in [0.15, 0.2) is 6.10 Å². The van der Waals surface area contributed by atoms with Gasteiger partial charge in [-0.3, -0.25) is 0 Å². The predicted molar refractivity (Wildman–Crippen MR) is 73.0 cm³/mol. The monoisotopic (exact) mass is 274 g/mol. The molecule has 0 fully saturated rings. The number of nitrogens with one attached hydrogen (secondary N) is 2. The largest absolute Gasteiger partial charge is 0.479 e. The number of urea groups is 1. The molecule has 0 aliphatic heterocycles. The SMILES string of the molecule is CCCCC(CCC)NC(=O)NCC[C@H](O)C(=O)O. The number of hydrogen-bond donors (Lipinski definition) is 4. The number of rotatable bonds is 10. The molecule has 0 aromatic carbocycles. The average Bonchev–Trinajstić information content (AvgIpc) is 2.35. The lowest BCUT2D eigenvalue weighted by atomic mass is 10.1. The standard InChI is InChI=1S/C13H26N2O4/c1-3-5-7-10(6-4-2)15-13(19)14-9-8-11(16)12(17)18/h10-11,16H,3-9H2,1-2H3,(H,17,18)(H2,14,15,19)/t10?,11-/m0/s1. The molecule has 0 saturated heterocycles. The Hall–Kier alpha value is -1.30. The van der Waals surface area contributed by atoms with Crippen molar-refractivity contribution < 1.29 is 19.8 Å². The molecule has 4 N–H and O–H groups in total. The van der Waals surface area contributed by atoms with Crippen LogP contribution in [0.3, 0.4) is 0 Å². The number of aliphatic carboxylic acids is 1. The summed E-state index contributed by atoms with van der Waals surface area (Å²) in [5.74, 6) is -1.27. The van der Waals surface area contributed by atoms with Crippen molar-refractivity contribution in [2.75, 3.05) is 6.54 Å². The van der Waals surface area contributed by atoms with Gasteiger partial charge in [0.1, 0.15) is 0 Å². The second-order valence-corrected chi connectivity index (χ2v) is 4.67. The van der Waals surface area contributed by atoms with E-state index in [1.54, 1.807) is 0 Å². The molecule has 0 saturated carbocycles. The molecule has 112 valence electrons. The van der Waals surface area contributed by atoms with Crippen LogP contribution in [0.15, 0.2) is 0 Å². The van der Waals surface area contributed by atoms with Gasteiger partial charge in [-0.1, -0.05) is 33.1 Å². The number of hydrogen-bond acceptors (Lipinski definition) is 3. The van der Waals surface area contributed by atoms with Gasteiger partial charge in [-0.15, -0.1) is 0 Å². The van der Waals surface area contributed by atoms with Crippen LogP contribution < -0.4 is 10.6 Å². The lowest BCUT2D eigenvalue weighted by Crippen LogP contribution is -2.43. The minimum absolute atomic E-state index is 0.0101.